The predicted octanol–water partition coefficient (Wildman–Crippen LogP) is 5.72. The first-order valence-electron chi connectivity index (χ1n) is 10.8. The van der Waals surface area contributed by atoms with Crippen molar-refractivity contribution in [2.24, 2.45) is 7.05 Å². The zero-order valence-corrected chi connectivity index (χ0v) is 17.2. The van der Waals surface area contributed by atoms with Crippen LogP contribution in [-0.2, 0) is 7.05 Å². The number of rotatable bonds is 3. The second-order valence-corrected chi connectivity index (χ2v) is 8.40. The van der Waals surface area contributed by atoms with E-state index in [9.17, 15) is 0 Å². The van der Waals surface area contributed by atoms with Crippen LogP contribution in [0.5, 0.6) is 0 Å². The molecular formula is C26H26N4. The van der Waals surface area contributed by atoms with Gasteiger partial charge in [-0.05, 0) is 38.1 Å². The molecule has 150 valence electrons. The highest BCUT2D eigenvalue weighted by Gasteiger charge is 2.21. The van der Waals surface area contributed by atoms with Gasteiger partial charge in [0.05, 0.1) is 0 Å². The van der Waals surface area contributed by atoms with Gasteiger partial charge in [-0.3, -0.25) is 0 Å². The van der Waals surface area contributed by atoms with E-state index in [0.717, 1.165) is 13.1 Å². The van der Waals surface area contributed by atoms with Crippen LogP contribution in [0.15, 0.2) is 73.3 Å². The van der Waals surface area contributed by atoms with Crippen LogP contribution in [0, 0.1) is 0 Å². The second-order valence-electron chi connectivity index (χ2n) is 8.40. The van der Waals surface area contributed by atoms with Crippen molar-refractivity contribution in [2.45, 2.75) is 18.9 Å². The van der Waals surface area contributed by atoms with Crippen LogP contribution < -0.4 is 5.32 Å². The van der Waals surface area contributed by atoms with E-state index in [-0.39, 0.29) is 0 Å². The van der Waals surface area contributed by atoms with Gasteiger partial charge >= 0.3 is 0 Å². The minimum atomic E-state index is 0.560. The molecule has 1 aliphatic rings. The van der Waals surface area contributed by atoms with Crippen LogP contribution in [0.25, 0.3) is 44.1 Å². The summed E-state index contributed by atoms with van der Waals surface area (Å²) in [5.74, 6) is 0. The molecule has 2 N–H and O–H groups in total. The molecule has 4 heterocycles. The van der Waals surface area contributed by atoms with Crippen LogP contribution in [0.1, 0.15) is 18.9 Å². The van der Waals surface area contributed by atoms with Crippen LogP contribution in [0.3, 0.4) is 0 Å². The Morgan fingerprint density at radius 1 is 0.733 bits per heavy atom. The zero-order valence-electron chi connectivity index (χ0n) is 17.2. The zero-order chi connectivity index (χ0) is 20.1. The summed E-state index contributed by atoms with van der Waals surface area (Å²) in [7, 11) is 2.13. The lowest BCUT2D eigenvalue weighted by Crippen LogP contribution is -2.29. The van der Waals surface area contributed by atoms with Crippen LogP contribution in [0.2, 0.25) is 0 Å². The number of benzene rings is 2. The normalized spacial score (nSPS) is 15.4. The Hall–Kier alpha value is -3.24. The van der Waals surface area contributed by atoms with Gasteiger partial charge in [-0.2, -0.15) is 0 Å². The van der Waals surface area contributed by atoms with Gasteiger partial charge in [-0.25, -0.2) is 0 Å². The molecule has 0 radical (unpaired) electrons. The lowest BCUT2D eigenvalue weighted by atomic mass is 9.98. The number of hydrogen-bond acceptors (Lipinski definition) is 1. The number of aromatic amines is 1. The third-order valence-corrected chi connectivity index (χ3v) is 6.67. The maximum absolute atomic E-state index is 3.50. The predicted molar refractivity (Wildman–Crippen MR) is 125 cm³/mol. The van der Waals surface area contributed by atoms with Crippen LogP contribution in [-0.4, -0.2) is 27.2 Å². The number of hydrogen-bond donors (Lipinski definition) is 2. The van der Waals surface area contributed by atoms with Gasteiger partial charge in [0, 0.05) is 81.9 Å². The summed E-state index contributed by atoms with van der Waals surface area (Å²) in [4.78, 5) is 3.39. The molecule has 4 heteroatoms. The van der Waals surface area contributed by atoms with E-state index in [2.05, 4.69) is 99.8 Å². The molecule has 0 spiro atoms. The summed E-state index contributed by atoms with van der Waals surface area (Å²) in [6.45, 7) is 2.19. The number of para-hydroxylation sites is 2. The first-order valence-corrected chi connectivity index (χ1v) is 10.8. The van der Waals surface area contributed by atoms with E-state index in [1.54, 1.807) is 0 Å². The smallest absolute Gasteiger partial charge is 0.0489 e. The van der Waals surface area contributed by atoms with Crippen molar-refractivity contribution in [3.63, 3.8) is 0 Å². The number of aromatic nitrogens is 3. The van der Waals surface area contributed by atoms with E-state index in [0.29, 0.717) is 6.04 Å². The Morgan fingerprint density at radius 3 is 2.07 bits per heavy atom. The molecule has 1 aliphatic heterocycles. The fraction of sp³-hybridized carbons (Fsp3) is 0.231. The highest BCUT2D eigenvalue weighted by Crippen LogP contribution is 2.41. The number of fused-ring (bicyclic) bond motifs is 2. The van der Waals surface area contributed by atoms with E-state index < -0.39 is 0 Å². The molecule has 1 fully saturated rings. The fourth-order valence-corrected chi connectivity index (χ4v) is 5.17. The van der Waals surface area contributed by atoms with Gasteiger partial charge in [-0.15, -0.1) is 0 Å². The van der Waals surface area contributed by atoms with E-state index in [1.807, 2.05) is 0 Å². The van der Waals surface area contributed by atoms with Crippen molar-refractivity contribution >= 4 is 21.8 Å². The Morgan fingerprint density at radius 2 is 1.33 bits per heavy atom. The van der Waals surface area contributed by atoms with Crippen molar-refractivity contribution in [1.29, 1.82) is 0 Å². The van der Waals surface area contributed by atoms with Gasteiger partial charge in [0.25, 0.3) is 0 Å². The molecule has 4 nitrogen and oxygen atoms in total. The minimum Gasteiger partial charge on any atom is -0.366 e. The Bertz CT molecular complexity index is 1340. The topological polar surface area (TPSA) is 37.7 Å². The molecule has 0 bridgehead atoms. The number of H-pyrrole nitrogens is 1. The SMILES string of the molecule is Cn1cc(-c2c[nH]cc2-c2cn(C3CCNCC3)c3ccccc23)c2ccccc21. The van der Waals surface area contributed by atoms with Crippen molar-refractivity contribution in [3.05, 3.63) is 73.3 Å². The van der Waals surface area contributed by atoms with Gasteiger partial charge < -0.3 is 19.4 Å². The molecule has 0 saturated carbocycles. The number of nitrogens with zero attached hydrogens (tertiary/aromatic N) is 2. The monoisotopic (exact) mass is 394 g/mol. The molecule has 0 aliphatic carbocycles. The van der Waals surface area contributed by atoms with Gasteiger partial charge in [-0.1, -0.05) is 36.4 Å². The Kier molecular flexibility index (Phi) is 4.06. The highest BCUT2D eigenvalue weighted by atomic mass is 15.0. The largest absolute Gasteiger partial charge is 0.366 e. The molecule has 2 aromatic carbocycles. The maximum atomic E-state index is 3.50. The average molecular weight is 395 g/mol. The van der Waals surface area contributed by atoms with E-state index >= 15 is 0 Å². The van der Waals surface area contributed by atoms with Gasteiger partial charge in [0.15, 0.2) is 0 Å². The first-order chi connectivity index (χ1) is 14.8. The van der Waals surface area contributed by atoms with Gasteiger partial charge in [0.1, 0.15) is 0 Å². The number of nitrogens with one attached hydrogen (secondary N) is 2. The quantitative estimate of drug-likeness (QED) is 0.403. The minimum absolute atomic E-state index is 0.560. The highest BCUT2D eigenvalue weighted by molar-refractivity contribution is 6.04. The first kappa shape index (κ1) is 17.6. The van der Waals surface area contributed by atoms with Crippen molar-refractivity contribution < 1.29 is 0 Å². The molecule has 3 aromatic heterocycles. The summed E-state index contributed by atoms with van der Waals surface area (Å²) in [5.41, 5.74) is 7.73. The lowest BCUT2D eigenvalue weighted by Gasteiger charge is -2.25. The van der Waals surface area contributed by atoms with Gasteiger partial charge in [0.2, 0.25) is 0 Å². The summed E-state index contributed by atoms with van der Waals surface area (Å²) in [6.07, 6.45) is 11.3. The molecule has 5 aromatic rings. The molecule has 0 amide bonds. The second kappa shape index (κ2) is 6.92. The maximum Gasteiger partial charge on any atom is 0.0489 e. The lowest BCUT2D eigenvalue weighted by molar-refractivity contribution is 0.376. The van der Waals surface area contributed by atoms with Crippen molar-refractivity contribution in [3.8, 4) is 22.3 Å². The fourth-order valence-electron chi connectivity index (χ4n) is 5.17. The molecule has 0 atom stereocenters. The van der Waals surface area contributed by atoms with Crippen LogP contribution >= 0.6 is 0 Å². The summed E-state index contributed by atoms with van der Waals surface area (Å²) in [6, 6.07) is 18.1. The molecule has 30 heavy (non-hydrogen) atoms. The third kappa shape index (κ3) is 2.64. The van der Waals surface area contributed by atoms with E-state index in [1.165, 1.54) is 56.9 Å². The number of piperidine rings is 1. The molecule has 0 unspecified atom stereocenters. The molecular weight excluding hydrogens is 368 g/mol. The van der Waals surface area contributed by atoms with Crippen molar-refractivity contribution in [2.75, 3.05) is 13.1 Å². The van der Waals surface area contributed by atoms with Crippen LogP contribution in [0.4, 0.5) is 0 Å². The third-order valence-electron chi connectivity index (χ3n) is 6.67. The molecule has 1 saturated heterocycles. The standard InChI is InChI=1S/C26H26N4/c1-29-16-23(19-6-2-4-8-25(19)29)21-14-28-15-22(21)24-17-30(18-10-12-27-13-11-18)26-9-5-3-7-20(24)26/h2-9,14-18,27-28H,10-13H2,1H3. The summed E-state index contributed by atoms with van der Waals surface area (Å²) < 4.78 is 4.74. The average Bonchev–Trinajstić information content (AvgIpc) is 3.50. The Labute approximate surface area is 176 Å². The Balaban J connectivity index is 1.56. The van der Waals surface area contributed by atoms with Crippen molar-refractivity contribution in [1.82, 2.24) is 19.4 Å². The summed E-state index contributed by atoms with van der Waals surface area (Å²) >= 11 is 0. The summed E-state index contributed by atoms with van der Waals surface area (Å²) in [5, 5.41) is 6.12. The molecule has 6 rings (SSSR count). The number of aryl methyl sites for hydroxylation is 1. The van der Waals surface area contributed by atoms with E-state index in [4.69, 9.17) is 0 Å².